The molecule has 3 nitrogen and oxygen atoms in total. The summed E-state index contributed by atoms with van der Waals surface area (Å²) in [4.78, 5) is 19.3. The Morgan fingerprint density at radius 2 is 1.88 bits per heavy atom. The topological polar surface area (TPSA) is 33.2 Å². The number of aromatic nitrogens is 1. The summed E-state index contributed by atoms with van der Waals surface area (Å²) in [6.07, 6.45) is 0. The van der Waals surface area contributed by atoms with Gasteiger partial charge in [-0.25, -0.2) is 4.98 Å². The number of thiazole rings is 1. The highest BCUT2D eigenvalue weighted by Gasteiger charge is 2.22. The lowest BCUT2D eigenvalue weighted by atomic mass is 10.2. The van der Waals surface area contributed by atoms with Gasteiger partial charge in [0.1, 0.15) is 0 Å². The maximum Gasteiger partial charge on any atom is 0.236 e. The molecule has 1 unspecified atom stereocenters. The second kappa shape index (κ2) is 7.81. The van der Waals surface area contributed by atoms with Gasteiger partial charge in [-0.15, -0.1) is 11.3 Å². The molecular weight excluding hydrogens is 336 g/mol. The first kappa shape index (κ1) is 17.0. The number of hydrogen-bond donors (Lipinski definition) is 0. The number of amides is 1. The number of benzene rings is 2. The second-order valence-corrected chi connectivity index (χ2v) is 8.16. The molecule has 1 atom stereocenters. The first-order chi connectivity index (χ1) is 11.7. The Morgan fingerprint density at radius 3 is 2.58 bits per heavy atom. The number of fused-ring (bicyclic) bond motifs is 1. The third-order valence-electron chi connectivity index (χ3n) is 3.81. The Morgan fingerprint density at radius 1 is 1.17 bits per heavy atom. The molecule has 0 spiro atoms. The highest BCUT2D eigenvalue weighted by atomic mass is 32.2. The van der Waals surface area contributed by atoms with Crippen molar-refractivity contribution in [2.24, 2.45) is 0 Å². The van der Waals surface area contributed by atoms with Gasteiger partial charge in [0.15, 0.2) is 4.34 Å². The van der Waals surface area contributed by atoms with Gasteiger partial charge in [0.25, 0.3) is 0 Å². The molecule has 0 saturated heterocycles. The molecule has 0 aliphatic rings. The summed E-state index contributed by atoms with van der Waals surface area (Å²) >= 11 is 3.20. The quantitative estimate of drug-likeness (QED) is 0.593. The van der Waals surface area contributed by atoms with Gasteiger partial charge < -0.3 is 4.90 Å². The maximum absolute atomic E-state index is 12.8. The minimum atomic E-state index is -0.144. The van der Waals surface area contributed by atoms with Crippen molar-refractivity contribution in [2.45, 2.75) is 30.0 Å². The van der Waals surface area contributed by atoms with Crippen LogP contribution in [0, 0.1) is 0 Å². The van der Waals surface area contributed by atoms with Gasteiger partial charge in [0, 0.05) is 13.1 Å². The molecule has 124 valence electrons. The number of thioether (sulfide) groups is 1. The van der Waals surface area contributed by atoms with E-state index >= 15 is 0 Å². The van der Waals surface area contributed by atoms with Crippen LogP contribution in [0.5, 0.6) is 0 Å². The summed E-state index contributed by atoms with van der Waals surface area (Å²) in [6.45, 7) is 5.35. The van der Waals surface area contributed by atoms with Gasteiger partial charge in [-0.2, -0.15) is 0 Å². The molecule has 3 rings (SSSR count). The van der Waals surface area contributed by atoms with Gasteiger partial charge >= 0.3 is 0 Å². The van der Waals surface area contributed by atoms with Crippen LogP contribution in [-0.2, 0) is 11.3 Å². The zero-order valence-corrected chi connectivity index (χ0v) is 15.4. The SMILES string of the molecule is CCN(Cc1ccccc1)C(=O)C(C)Sc1nc2ccccc2s1. The third-order valence-corrected chi connectivity index (χ3v) is 6.03. The van der Waals surface area contributed by atoms with E-state index in [1.807, 2.05) is 55.1 Å². The molecule has 0 N–H and O–H groups in total. The van der Waals surface area contributed by atoms with Crippen LogP contribution in [0.15, 0.2) is 58.9 Å². The summed E-state index contributed by atoms with van der Waals surface area (Å²) in [6, 6.07) is 18.2. The third kappa shape index (κ3) is 3.97. The largest absolute Gasteiger partial charge is 0.338 e. The lowest BCUT2D eigenvalue weighted by Gasteiger charge is -2.24. The van der Waals surface area contributed by atoms with Crippen molar-refractivity contribution in [1.82, 2.24) is 9.88 Å². The monoisotopic (exact) mass is 356 g/mol. The maximum atomic E-state index is 12.8. The number of rotatable bonds is 6. The minimum absolute atomic E-state index is 0.144. The van der Waals surface area contributed by atoms with Crippen LogP contribution in [0.2, 0.25) is 0 Å². The molecule has 24 heavy (non-hydrogen) atoms. The molecule has 0 bridgehead atoms. The zero-order valence-electron chi connectivity index (χ0n) is 13.8. The van der Waals surface area contributed by atoms with Crippen LogP contribution < -0.4 is 0 Å². The lowest BCUT2D eigenvalue weighted by molar-refractivity contribution is -0.130. The molecule has 3 aromatic rings. The van der Waals surface area contributed by atoms with E-state index < -0.39 is 0 Å². The fourth-order valence-corrected chi connectivity index (χ4v) is 4.80. The van der Waals surface area contributed by atoms with Gasteiger partial charge in [0.2, 0.25) is 5.91 Å². The van der Waals surface area contributed by atoms with Crippen LogP contribution in [0.4, 0.5) is 0 Å². The van der Waals surface area contributed by atoms with Crippen molar-refractivity contribution in [3.8, 4) is 0 Å². The number of hydrogen-bond acceptors (Lipinski definition) is 4. The van der Waals surface area contributed by atoms with E-state index in [-0.39, 0.29) is 11.2 Å². The Bertz CT molecular complexity index is 783. The molecule has 1 aromatic heterocycles. The molecule has 0 aliphatic heterocycles. The van der Waals surface area contributed by atoms with Crippen LogP contribution in [0.25, 0.3) is 10.2 Å². The highest BCUT2D eigenvalue weighted by Crippen LogP contribution is 2.32. The Balaban J connectivity index is 1.68. The van der Waals surface area contributed by atoms with Crippen molar-refractivity contribution < 1.29 is 4.79 Å². The number of carbonyl (C=O) groups is 1. The fraction of sp³-hybridized carbons (Fsp3) is 0.263. The molecule has 0 aliphatic carbocycles. The van der Waals surface area contributed by atoms with Gasteiger partial charge in [0.05, 0.1) is 15.5 Å². The van der Waals surface area contributed by atoms with Crippen molar-refractivity contribution in [2.75, 3.05) is 6.54 Å². The van der Waals surface area contributed by atoms with Crippen LogP contribution in [-0.4, -0.2) is 27.6 Å². The van der Waals surface area contributed by atoms with E-state index in [1.54, 1.807) is 23.1 Å². The first-order valence-electron chi connectivity index (χ1n) is 8.02. The van der Waals surface area contributed by atoms with E-state index in [4.69, 9.17) is 0 Å². The fourth-order valence-electron chi connectivity index (χ4n) is 2.51. The molecule has 5 heteroatoms. The molecule has 0 saturated carbocycles. The molecule has 0 fully saturated rings. The summed E-state index contributed by atoms with van der Waals surface area (Å²) in [5.74, 6) is 0.158. The average molecular weight is 357 g/mol. The molecule has 1 heterocycles. The smallest absolute Gasteiger partial charge is 0.236 e. The van der Waals surface area contributed by atoms with E-state index in [2.05, 4.69) is 23.2 Å². The number of nitrogens with zero attached hydrogens (tertiary/aromatic N) is 2. The van der Waals surface area contributed by atoms with Crippen LogP contribution >= 0.6 is 23.1 Å². The number of carbonyl (C=O) groups excluding carboxylic acids is 1. The van der Waals surface area contributed by atoms with E-state index in [0.717, 1.165) is 20.1 Å². The van der Waals surface area contributed by atoms with Gasteiger partial charge in [-0.3, -0.25) is 4.79 Å². The minimum Gasteiger partial charge on any atom is -0.338 e. The van der Waals surface area contributed by atoms with Gasteiger partial charge in [-0.05, 0) is 31.5 Å². The summed E-state index contributed by atoms with van der Waals surface area (Å²) in [5.41, 5.74) is 2.16. The molecular formula is C19H20N2OS2. The second-order valence-electron chi connectivity index (χ2n) is 5.55. The van der Waals surface area contributed by atoms with Gasteiger partial charge in [-0.1, -0.05) is 54.2 Å². The molecule has 2 aromatic carbocycles. The van der Waals surface area contributed by atoms with E-state index in [1.165, 1.54) is 0 Å². The predicted octanol–water partition coefficient (Wildman–Crippen LogP) is 4.83. The summed E-state index contributed by atoms with van der Waals surface area (Å²) in [5, 5.41) is -0.144. The molecule has 1 amide bonds. The van der Waals surface area contributed by atoms with Crippen molar-refractivity contribution in [1.29, 1.82) is 0 Å². The summed E-state index contributed by atoms with van der Waals surface area (Å²) < 4.78 is 2.11. The van der Waals surface area contributed by atoms with Crippen molar-refractivity contribution in [3.63, 3.8) is 0 Å². The lowest BCUT2D eigenvalue weighted by Crippen LogP contribution is -2.35. The average Bonchev–Trinajstić information content (AvgIpc) is 3.02. The Hall–Kier alpha value is -1.85. The first-order valence-corrected chi connectivity index (χ1v) is 9.72. The normalized spacial score (nSPS) is 12.2. The van der Waals surface area contributed by atoms with Crippen LogP contribution in [0.1, 0.15) is 19.4 Å². The zero-order chi connectivity index (χ0) is 16.9. The van der Waals surface area contributed by atoms with E-state index in [0.29, 0.717) is 13.1 Å². The van der Waals surface area contributed by atoms with Crippen molar-refractivity contribution >= 4 is 39.2 Å². The van der Waals surface area contributed by atoms with Crippen LogP contribution in [0.3, 0.4) is 0 Å². The Kier molecular flexibility index (Phi) is 5.53. The van der Waals surface area contributed by atoms with Crippen molar-refractivity contribution in [3.05, 3.63) is 60.2 Å². The standard InChI is InChI=1S/C19H20N2OS2/c1-3-21(13-15-9-5-4-6-10-15)18(22)14(2)23-19-20-16-11-7-8-12-17(16)24-19/h4-12,14H,3,13H2,1-2H3. The molecule has 0 radical (unpaired) electrons. The van der Waals surface area contributed by atoms with E-state index in [9.17, 15) is 4.79 Å². The Labute approximate surface area is 150 Å². The predicted molar refractivity (Wildman–Crippen MR) is 102 cm³/mol. The summed E-state index contributed by atoms with van der Waals surface area (Å²) in [7, 11) is 0. The number of para-hydroxylation sites is 1. The highest BCUT2D eigenvalue weighted by molar-refractivity contribution is 8.02.